The van der Waals surface area contributed by atoms with Crippen molar-refractivity contribution in [1.29, 1.82) is 0 Å². The lowest BCUT2D eigenvalue weighted by Crippen LogP contribution is -2.62. The predicted molar refractivity (Wildman–Crippen MR) is 126 cm³/mol. The molecule has 0 unspecified atom stereocenters. The summed E-state index contributed by atoms with van der Waals surface area (Å²) in [5.41, 5.74) is -1.95. The van der Waals surface area contributed by atoms with E-state index in [1.54, 1.807) is 6.08 Å². The Morgan fingerprint density at radius 1 is 1.03 bits per heavy atom. The first kappa shape index (κ1) is 26.4. The summed E-state index contributed by atoms with van der Waals surface area (Å²) >= 11 is 0. The number of carbonyl (C=O) groups is 5. The molecule has 0 aromatic carbocycles. The van der Waals surface area contributed by atoms with E-state index in [0.29, 0.717) is 25.7 Å². The van der Waals surface area contributed by atoms with Gasteiger partial charge < -0.3 is 18.9 Å². The summed E-state index contributed by atoms with van der Waals surface area (Å²) in [5.74, 6) is -0.740. The monoisotopic (exact) mass is 504 g/mol. The molecule has 0 aliphatic heterocycles. The molecule has 36 heavy (non-hydrogen) atoms. The zero-order valence-corrected chi connectivity index (χ0v) is 21.6. The number of fused-ring (bicyclic) bond motifs is 5. The second kappa shape index (κ2) is 9.63. The van der Waals surface area contributed by atoms with Crippen molar-refractivity contribution in [3.05, 3.63) is 11.6 Å². The van der Waals surface area contributed by atoms with Crippen LogP contribution in [0.4, 0.5) is 9.59 Å². The molecule has 0 radical (unpaired) electrons. The second-order valence-electron chi connectivity index (χ2n) is 11.1. The molecule has 6 atom stereocenters. The fraction of sp³-hybridized carbons (Fsp3) is 0.741. The van der Waals surface area contributed by atoms with Gasteiger partial charge in [-0.15, -0.1) is 0 Å². The average Bonchev–Trinajstić information content (AvgIpc) is 3.13. The lowest BCUT2D eigenvalue weighted by atomic mass is 9.46. The van der Waals surface area contributed by atoms with Gasteiger partial charge in [0, 0.05) is 24.2 Å². The Morgan fingerprint density at radius 2 is 1.78 bits per heavy atom. The van der Waals surface area contributed by atoms with E-state index >= 15 is 0 Å². The zero-order chi connectivity index (χ0) is 26.3. The molecule has 4 aliphatic carbocycles. The Labute approximate surface area is 211 Å². The third-order valence-electron chi connectivity index (χ3n) is 9.39. The van der Waals surface area contributed by atoms with E-state index in [1.165, 1.54) is 0 Å². The number of rotatable bonds is 6. The summed E-state index contributed by atoms with van der Waals surface area (Å²) in [7, 11) is 1.14. The third kappa shape index (κ3) is 4.04. The van der Waals surface area contributed by atoms with Gasteiger partial charge in [-0.1, -0.05) is 26.3 Å². The minimum Gasteiger partial charge on any atom is -0.438 e. The number of carbonyl (C=O) groups excluding carboxylic acids is 5. The van der Waals surface area contributed by atoms with E-state index < -0.39 is 35.7 Å². The van der Waals surface area contributed by atoms with Gasteiger partial charge in [-0.3, -0.25) is 14.4 Å². The summed E-state index contributed by atoms with van der Waals surface area (Å²) in [4.78, 5) is 63.9. The molecule has 4 rings (SSSR count). The number of methoxy groups -OCH3 is 1. The summed E-state index contributed by atoms with van der Waals surface area (Å²) < 4.78 is 20.4. The highest BCUT2D eigenvalue weighted by atomic mass is 16.7. The highest BCUT2D eigenvalue weighted by Gasteiger charge is 2.71. The van der Waals surface area contributed by atoms with Crippen molar-refractivity contribution in [2.75, 3.05) is 20.3 Å². The Kier molecular flexibility index (Phi) is 7.05. The van der Waals surface area contributed by atoms with Crippen molar-refractivity contribution in [3.63, 3.8) is 0 Å². The fourth-order valence-electron chi connectivity index (χ4n) is 7.71. The highest BCUT2D eigenvalue weighted by Crippen LogP contribution is 2.67. The van der Waals surface area contributed by atoms with Crippen LogP contribution in [0.1, 0.15) is 72.1 Å². The van der Waals surface area contributed by atoms with E-state index in [-0.39, 0.29) is 54.2 Å². The maximum atomic E-state index is 13.9. The molecule has 198 valence electrons. The molecular weight excluding hydrogens is 468 g/mol. The topological polar surface area (TPSA) is 122 Å². The number of hydrogen-bond donors (Lipinski definition) is 0. The van der Waals surface area contributed by atoms with Gasteiger partial charge in [0.15, 0.2) is 18.0 Å². The number of hydrogen-bond acceptors (Lipinski definition) is 9. The van der Waals surface area contributed by atoms with Crippen LogP contribution in [0.2, 0.25) is 0 Å². The van der Waals surface area contributed by atoms with Crippen LogP contribution in [-0.2, 0) is 33.3 Å². The molecular formula is C27H36O9. The van der Waals surface area contributed by atoms with Gasteiger partial charge in [0.1, 0.15) is 5.78 Å². The summed E-state index contributed by atoms with van der Waals surface area (Å²) in [5, 5.41) is 0. The maximum absolute atomic E-state index is 13.9. The van der Waals surface area contributed by atoms with Crippen molar-refractivity contribution < 1.29 is 42.9 Å². The molecule has 9 heteroatoms. The Hall–Kier alpha value is -2.71. The van der Waals surface area contributed by atoms with E-state index in [4.69, 9.17) is 14.2 Å². The van der Waals surface area contributed by atoms with Gasteiger partial charge in [-0.2, -0.15) is 0 Å². The second-order valence-corrected chi connectivity index (χ2v) is 11.1. The largest absolute Gasteiger partial charge is 0.509 e. The van der Waals surface area contributed by atoms with Crippen LogP contribution >= 0.6 is 0 Å². The minimum atomic E-state index is -1.66. The maximum Gasteiger partial charge on any atom is 0.509 e. The Morgan fingerprint density at radius 3 is 2.47 bits per heavy atom. The zero-order valence-electron chi connectivity index (χ0n) is 21.6. The molecule has 0 aromatic rings. The van der Waals surface area contributed by atoms with Gasteiger partial charge in [0.2, 0.25) is 5.78 Å². The van der Waals surface area contributed by atoms with Gasteiger partial charge in [-0.25, -0.2) is 9.59 Å². The van der Waals surface area contributed by atoms with Gasteiger partial charge in [0.05, 0.1) is 13.7 Å². The molecule has 0 heterocycles. The van der Waals surface area contributed by atoms with Crippen LogP contribution < -0.4 is 0 Å². The lowest BCUT2D eigenvalue weighted by Gasteiger charge is -2.57. The first-order valence-corrected chi connectivity index (χ1v) is 12.9. The van der Waals surface area contributed by atoms with Crippen molar-refractivity contribution in [3.8, 4) is 0 Å². The SMILES string of the molecule is CCCOC(=O)O[C@]1(C(=O)COC(=O)OC)CC[C@H]2[C@@H]3CCC4=CC(=O)CC[C@]4(C)[C@H]3C(=O)C[C@@]21C. The lowest BCUT2D eigenvalue weighted by molar-refractivity contribution is -0.175. The number of ether oxygens (including phenoxy) is 4. The van der Waals surface area contributed by atoms with E-state index in [0.717, 1.165) is 25.5 Å². The molecule has 0 amide bonds. The fourth-order valence-corrected chi connectivity index (χ4v) is 7.71. The van der Waals surface area contributed by atoms with Gasteiger partial charge in [-0.05, 0) is 61.9 Å². The molecule has 3 fully saturated rings. The van der Waals surface area contributed by atoms with Crippen LogP contribution in [-0.4, -0.2) is 55.6 Å². The number of allylic oxidation sites excluding steroid dienone is 1. The summed E-state index contributed by atoms with van der Waals surface area (Å²) in [6, 6.07) is 0. The molecule has 4 aliphatic rings. The van der Waals surface area contributed by atoms with Crippen LogP contribution in [0.3, 0.4) is 0 Å². The normalized spacial score (nSPS) is 37.1. The smallest absolute Gasteiger partial charge is 0.438 e. The first-order chi connectivity index (χ1) is 17.0. The number of ketones is 3. The molecule has 0 saturated heterocycles. The third-order valence-corrected chi connectivity index (χ3v) is 9.39. The molecule has 0 N–H and O–H groups in total. The molecule has 9 nitrogen and oxygen atoms in total. The molecule has 0 spiro atoms. The molecule has 0 bridgehead atoms. The molecule has 3 saturated carbocycles. The van der Waals surface area contributed by atoms with Crippen LogP contribution in [0, 0.1) is 28.6 Å². The van der Waals surface area contributed by atoms with Gasteiger partial charge in [0.25, 0.3) is 0 Å². The Bertz CT molecular complexity index is 999. The van der Waals surface area contributed by atoms with Gasteiger partial charge >= 0.3 is 12.3 Å². The minimum absolute atomic E-state index is 0.00179. The quantitative estimate of drug-likeness (QED) is 0.486. The van der Waals surface area contributed by atoms with E-state index in [1.807, 2.05) is 13.8 Å². The van der Waals surface area contributed by atoms with Crippen molar-refractivity contribution >= 4 is 29.7 Å². The number of Topliss-reactive ketones (excluding diaryl/α,β-unsaturated/α-hetero) is 2. The predicted octanol–water partition coefficient (Wildman–Crippen LogP) is 4.35. The van der Waals surface area contributed by atoms with Crippen LogP contribution in [0.25, 0.3) is 0 Å². The average molecular weight is 505 g/mol. The van der Waals surface area contributed by atoms with Crippen molar-refractivity contribution in [1.82, 2.24) is 0 Å². The van der Waals surface area contributed by atoms with E-state index in [2.05, 4.69) is 11.7 Å². The van der Waals surface area contributed by atoms with Crippen molar-refractivity contribution in [2.45, 2.75) is 77.7 Å². The van der Waals surface area contributed by atoms with Crippen LogP contribution in [0.15, 0.2) is 11.6 Å². The summed E-state index contributed by atoms with van der Waals surface area (Å²) in [6.07, 6.45) is 3.73. The Balaban J connectivity index is 1.69. The van der Waals surface area contributed by atoms with Crippen LogP contribution in [0.5, 0.6) is 0 Å². The first-order valence-electron chi connectivity index (χ1n) is 12.9. The molecule has 0 aromatic heterocycles. The highest BCUT2D eigenvalue weighted by molar-refractivity contribution is 5.95. The van der Waals surface area contributed by atoms with E-state index in [9.17, 15) is 24.0 Å². The standard InChI is InChI=1S/C27H36O9/c1-5-12-34-24(32)36-27(21(30)15-35-23(31)33-4)11-9-19-18-7-6-16-13-17(28)8-10-25(16,2)22(18)20(29)14-26(19,27)3/h13,18-19,22H,5-12,14-15H2,1-4H3/t18-,19-,22+,25-,26-,27-/m0/s1. The summed E-state index contributed by atoms with van der Waals surface area (Å²) in [6.45, 7) is 5.29. The van der Waals surface area contributed by atoms with Crippen molar-refractivity contribution in [2.24, 2.45) is 28.6 Å².